The maximum absolute atomic E-state index is 12.0. The summed E-state index contributed by atoms with van der Waals surface area (Å²) in [5, 5.41) is 5.90. The molecule has 0 bridgehead atoms. The van der Waals surface area contributed by atoms with Crippen LogP contribution in [0.25, 0.3) is 0 Å². The first-order chi connectivity index (χ1) is 11.3. The molecule has 0 radical (unpaired) electrons. The fraction of sp³-hybridized carbons (Fsp3) is 0.389. The molecule has 0 saturated heterocycles. The third-order valence-corrected chi connectivity index (χ3v) is 3.97. The Kier molecular flexibility index (Phi) is 5.32. The molecule has 0 aliphatic heterocycles. The average Bonchev–Trinajstić information content (AvgIpc) is 3.21. The summed E-state index contributed by atoms with van der Waals surface area (Å²) in [6.45, 7) is 0.910. The highest BCUT2D eigenvalue weighted by Gasteiger charge is 2.16. The number of nitrogens with one attached hydrogen (secondary N) is 2. The maximum atomic E-state index is 12.0. The molecule has 2 aromatic rings. The second-order valence-corrected chi connectivity index (χ2v) is 5.85. The molecule has 1 aliphatic carbocycles. The van der Waals surface area contributed by atoms with E-state index in [1.54, 1.807) is 6.26 Å². The number of furan rings is 1. The second kappa shape index (κ2) is 7.83. The second-order valence-electron chi connectivity index (χ2n) is 5.85. The van der Waals surface area contributed by atoms with E-state index in [0.29, 0.717) is 19.3 Å². The molecule has 1 aliphatic rings. The first-order valence-electron chi connectivity index (χ1n) is 8.06. The third kappa shape index (κ3) is 4.86. The van der Waals surface area contributed by atoms with Crippen molar-refractivity contribution < 1.29 is 13.9 Å². The quantitative estimate of drug-likeness (QED) is 0.845. The van der Waals surface area contributed by atoms with Gasteiger partial charge in [-0.25, -0.2) is 4.79 Å². The van der Waals surface area contributed by atoms with Gasteiger partial charge in [0.05, 0.1) is 12.9 Å². The highest BCUT2D eigenvalue weighted by atomic mass is 16.5. The van der Waals surface area contributed by atoms with Crippen molar-refractivity contribution in [1.29, 1.82) is 0 Å². The summed E-state index contributed by atoms with van der Waals surface area (Å²) >= 11 is 0. The van der Waals surface area contributed by atoms with E-state index in [0.717, 1.165) is 29.9 Å². The number of carbonyl (C=O) groups is 1. The largest absolute Gasteiger partial charge is 0.467 e. The fourth-order valence-corrected chi connectivity index (χ4v) is 2.83. The molecular weight excluding hydrogens is 292 g/mol. The van der Waals surface area contributed by atoms with E-state index < -0.39 is 0 Å². The molecule has 1 aromatic carbocycles. The number of anilines is 1. The molecule has 1 heterocycles. The van der Waals surface area contributed by atoms with Crippen LogP contribution in [0.15, 0.2) is 47.1 Å². The summed E-state index contributed by atoms with van der Waals surface area (Å²) < 4.78 is 10.8. The maximum Gasteiger partial charge on any atom is 0.319 e. The molecule has 122 valence electrons. The summed E-state index contributed by atoms with van der Waals surface area (Å²) in [5.41, 5.74) is 1.79. The van der Waals surface area contributed by atoms with Crippen molar-refractivity contribution >= 4 is 11.7 Å². The zero-order valence-corrected chi connectivity index (χ0v) is 13.1. The fourth-order valence-electron chi connectivity index (χ4n) is 2.83. The zero-order valence-electron chi connectivity index (χ0n) is 13.1. The zero-order chi connectivity index (χ0) is 15.9. The first-order valence-corrected chi connectivity index (χ1v) is 8.06. The van der Waals surface area contributed by atoms with Crippen LogP contribution in [0.4, 0.5) is 10.5 Å². The van der Waals surface area contributed by atoms with Crippen LogP contribution in [0.2, 0.25) is 0 Å². The Morgan fingerprint density at radius 1 is 1.17 bits per heavy atom. The monoisotopic (exact) mass is 314 g/mol. The predicted octanol–water partition coefficient (Wildman–Crippen LogP) is 4.06. The minimum Gasteiger partial charge on any atom is -0.467 e. The Hall–Kier alpha value is -2.27. The molecule has 1 fully saturated rings. The summed E-state index contributed by atoms with van der Waals surface area (Å²) in [5.74, 6) is 0.801. The van der Waals surface area contributed by atoms with Gasteiger partial charge in [0.15, 0.2) is 0 Å². The van der Waals surface area contributed by atoms with Crippen LogP contribution in [0, 0.1) is 0 Å². The van der Waals surface area contributed by atoms with Crippen molar-refractivity contribution in [2.24, 2.45) is 0 Å². The van der Waals surface area contributed by atoms with Crippen LogP contribution in [0.1, 0.15) is 37.0 Å². The lowest BCUT2D eigenvalue weighted by Crippen LogP contribution is -2.36. The molecule has 0 spiro atoms. The lowest BCUT2D eigenvalue weighted by atomic mass is 10.2. The topological polar surface area (TPSA) is 63.5 Å². The minimum absolute atomic E-state index is 0.134. The van der Waals surface area contributed by atoms with Gasteiger partial charge in [0.2, 0.25) is 0 Å². The number of hydrogen-bond acceptors (Lipinski definition) is 3. The van der Waals surface area contributed by atoms with Crippen LogP contribution in [-0.2, 0) is 18.0 Å². The summed E-state index contributed by atoms with van der Waals surface area (Å²) in [6, 6.07) is 11.6. The summed E-state index contributed by atoms with van der Waals surface area (Å²) in [6.07, 6.45) is 6.19. The molecule has 0 atom stereocenters. The van der Waals surface area contributed by atoms with Crippen LogP contribution in [-0.4, -0.2) is 12.1 Å². The number of carbonyl (C=O) groups excluding carboxylic acids is 1. The first kappa shape index (κ1) is 15.6. The van der Waals surface area contributed by atoms with Crippen LogP contribution < -0.4 is 10.6 Å². The Balaban J connectivity index is 1.47. The standard InChI is InChI=1S/C18H22N2O3/c21-18(19-15-6-1-2-7-15)20-16-8-3-5-14(11-16)12-22-13-17-9-4-10-23-17/h3-5,8-11,15H,1-2,6-7,12-13H2,(H2,19,20,21). The van der Waals surface area contributed by atoms with Crippen molar-refractivity contribution in [3.63, 3.8) is 0 Å². The van der Waals surface area contributed by atoms with Gasteiger partial charge in [0.25, 0.3) is 0 Å². The van der Waals surface area contributed by atoms with E-state index in [1.807, 2.05) is 36.4 Å². The Morgan fingerprint density at radius 2 is 2.04 bits per heavy atom. The summed E-state index contributed by atoms with van der Waals surface area (Å²) in [7, 11) is 0. The van der Waals surface area contributed by atoms with Crippen molar-refractivity contribution in [2.45, 2.75) is 44.9 Å². The smallest absolute Gasteiger partial charge is 0.319 e. The number of urea groups is 1. The van der Waals surface area contributed by atoms with Gasteiger partial charge in [-0.2, -0.15) is 0 Å². The van der Waals surface area contributed by atoms with E-state index in [-0.39, 0.29) is 6.03 Å². The average molecular weight is 314 g/mol. The van der Waals surface area contributed by atoms with E-state index in [4.69, 9.17) is 9.15 Å². The van der Waals surface area contributed by atoms with E-state index in [9.17, 15) is 4.79 Å². The molecule has 0 unspecified atom stereocenters. The van der Waals surface area contributed by atoms with Crippen molar-refractivity contribution in [2.75, 3.05) is 5.32 Å². The van der Waals surface area contributed by atoms with Crippen molar-refractivity contribution in [3.05, 3.63) is 54.0 Å². The molecular formula is C18H22N2O3. The molecule has 3 rings (SSSR count). The van der Waals surface area contributed by atoms with Gasteiger partial charge in [-0.3, -0.25) is 0 Å². The van der Waals surface area contributed by atoms with Gasteiger partial charge in [0.1, 0.15) is 12.4 Å². The SMILES string of the molecule is O=C(Nc1cccc(COCc2ccco2)c1)NC1CCCC1. The van der Waals surface area contributed by atoms with E-state index >= 15 is 0 Å². The Labute approximate surface area is 136 Å². The number of amides is 2. The molecule has 2 amide bonds. The van der Waals surface area contributed by atoms with Gasteiger partial charge in [-0.05, 0) is 42.7 Å². The number of benzene rings is 1. The van der Waals surface area contributed by atoms with Crippen molar-refractivity contribution in [1.82, 2.24) is 5.32 Å². The molecule has 5 nitrogen and oxygen atoms in total. The Morgan fingerprint density at radius 3 is 2.83 bits per heavy atom. The minimum atomic E-state index is -0.134. The number of hydrogen-bond donors (Lipinski definition) is 2. The number of rotatable bonds is 6. The van der Waals surface area contributed by atoms with Gasteiger partial charge in [-0.15, -0.1) is 0 Å². The van der Waals surface area contributed by atoms with Crippen molar-refractivity contribution in [3.8, 4) is 0 Å². The van der Waals surface area contributed by atoms with E-state index in [1.165, 1.54) is 12.8 Å². The molecule has 23 heavy (non-hydrogen) atoms. The lowest BCUT2D eigenvalue weighted by molar-refractivity contribution is 0.0930. The predicted molar refractivity (Wildman–Crippen MR) is 88.1 cm³/mol. The highest BCUT2D eigenvalue weighted by Crippen LogP contribution is 2.18. The summed E-state index contributed by atoms with van der Waals surface area (Å²) in [4.78, 5) is 12.0. The number of ether oxygens (including phenoxy) is 1. The molecule has 5 heteroatoms. The van der Waals surface area contributed by atoms with Gasteiger partial charge in [-0.1, -0.05) is 25.0 Å². The van der Waals surface area contributed by atoms with Crippen LogP contribution in [0.3, 0.4) is 0 Å². The van der Waals surface area contributed by atoms with Crippen LogP contribution >= 0.6 is 0 Å². The van der Waals surface area contributed by atoms with Gasteiger partial charge < -0.3 is 19.8 Å². The normalized spacial score (nSPS) is 14.8. The van der Waals surface area contributed by atoms with E-state index in [2.05, 4.69) is 10.6 Å². The van der Waals surface area contributed by atoms with Crippen LogP contribution in [0.5, 0.6) is 0 Å². The third-order valence-electron chi connectivity index (χ3n) is 3.97. The molecule has 2 N–H and O–H groups in total. The molecule has 1 aromatic heterocycles. The molecule has 1 saturated carbocycles. The Bertz CT molecular complexity index is 619. The van der Waals surface area contributed by atoms with Gasteiger partial charge >= 0.3 is 6.03 Å². The highest BCUT2D eigenvalue weighted by molar-refractivity contribution is 5.89. The van der Waals surface area contributed by atoms with Gasteiger partial charge in [0, 0.05) is 11.7 Å². The lowest BCUT2D eigenvalue weighted by Gasteiger charge is -2.13.